The van der Waals surface area contributed by atoms with E-state index in [2.05, 4.69) is 5.32 Å². The summed E-state index contributed by atoms with van der Waals surface area (Å²) in [5.74, 6) is -0.424. The first-order chi connectivity index (χ1) is 13.6. The predicted molar refractivity (Wildman–Crippen MR) is 107 cm³/mol. The number of esters is 1. The fourth-order valence-electron chi connectivity index (χ4n) is 2.78. The summed E-state index contributed by atoms with van der Waals surface area (Å²) in [7, 11) is 0. The quantitative estimate of drug-likeness (QED) is 0.365. The molecule has 0 saturated carbocycles. The Morgan fingerprint density at radius 3 is 2.57 bits per heavy atom. The molecule has 5 nitrogen and oxygen atoms in total. The number of halogens is 1. The molecule has 0 fully saturated rings. The van der Waals surface area contributed by atoms with Crippen LogP contribution in [0.15, 0.2) is 83.5 Å². The van der Waals surface area contributed by atoms with Gasteiger partial charge in [0.1, 0.15) is 5.75 Å². The van der Waals surface area contributed by atoms with Gasteiger partial charge < -0.3 is 14.5 Å². The molecule has 6 heteroatoms. The highest BCUT2D eigenvalue weighted by molar-refractivity contribution is 6.34. The topological polar surface area (TPSA) is 68.5 Å². The molecule has 0 aliphatic heterocycles. The van der Waals surface area contributed by atoms with Crippen LogP contribution >= 0.6 is 11.6 Å². The summed E-state index contributed by atoms with van der Waals surface area (Å²) >= 11 is 6.15. The van der Waals surface area contributed by atoms with Crippen molar-refractivity contribution in [2.75, 3.05) is 5.32 Å². The summed E-state index contributed by atoms with van der Waals surface area (Å²) in [4.78, 5) is 24.8. The van der Waals surface area contributed by atoms with Gasteiger partial charge in [-0.05, 0) is 41.8 Å². The van der Waals surface area contributed by atoms with E-state index in [0.717, 1.165) is 10.8 Å². The SMILES string of the molecule is O=C(Oc1cccc2ccccc12)c1ccc(Cl)c(NC(=O)c2ccco2)c1. The summed E-state index contributed by atoms with van der Waals surface area (Å²) in [5.41, 5.74) is 0.544. The van der Waals surface area contributed by atoms with E-state index in [4.69, 9.17) is 20.8 Å². The van der Waals surface area contributed by atoms with Crippen LogP contribution in [0, 0.1) is 0 Å². The third-order valence-corrected chi connectivity index (χ3v) is 4.48. The fourth-order valence-corrected chi connectivity index (χ4v) is 2.95. The Morgan fingerprint density at radius 1 is 0.929 bits per heavy atom. The van der Waals surface area contributed by atoms with Crippen molar-refractivity contribution in [2.45, 2.75) is 0 Å². The molecule has 0 bridgehead atoms. The zero-order valence-electron chi connectivity index (χ0n) is 14.5. The van der Waals surface area contributed by atoms with Crippen LogP contribution in [0.1, 0.15) is 20.9 Å². The van der Waals surface area contributed by atoms with Crippen molar-refractivity contribution in [3.63, 3.8) is 0 Å². The van der Waals surface area contributed by atoms with Crippen LogP contribution in [0.5, 0.6) is 5.75 Å². The Kier molecular flexibility index (Phi) is 4.83. The van der Waals surface area contributed by atoms with Gasteiger partial charge in [0, 0.05) is 5.39 Å². The largest absolute Gasteiger partial charge is 0.459 e. The molecule has 4 aromatic rings. The molecule has 1 heterocycles. The maximum atomic E-state index is 12.6. The first kappa shape index (κ1) is 17.8. The maximum absolute atomic E-state index is 12.6. The lowest BCUT2D eigenvalue weighted by Crippen LogP contribution is -2.13. The van der Waals surface area contributed by atoms with Crippen molar-refractivity contribution in [2.24, 2.45) is 0 Å². The van der Waals surface area contributed by atoms with Crippen LogP contribution in [0.3, 0.4) is 0 Å². The number of benzene rings is 3. The van der Waals surface area contributed by atoms with Crippen LogP contribution in [-0.2, 0) is 0 Å². The zero-order chi connectivity index (χ0) is 19.5. The van der Waals surface area contributed by atoms with Crippen LogP contribution in [-0.4, -0.2) is 11.9 Å². The number of nitrogens with one attached hydrogen (secondary N) is 1. The van der Waals surface area contributed by atoms with Gasteiger partial charge in [0.15, 0.2) is 5.76 Å². The van der Waals surface area contributed by atoms with E-state index in [-0.39, 0.29) is 17.0 Å². The van der Waals surface area contributed by atoms with Gasteiger partial charge in [0.25, 0.3) is 5.91 Å². The van der Waals surface area contributed by atoms with Crippen molar-refractivity contribution >= 4 is 39.9 Å². The monoisotopic (exact) mass is 391 g/mol. The molecule has 1 amide bonds. The second-order valence-corrected chi connectivity index (χ2v) is 6.40. The standard InChI is InChI=1S/C22H14ClNO4/c23-17-11-10-15(13-18(17)24-21(25)20-9-4-12-27-20)22(26)28-19-8-3-6-14-5-1-2-7-16(14)19/h1-13H,(H,24,25). The van der Waals surface area contributed by atoms with E-state index in [0.29, 0.717) is 10.8 Å². The second kappa shape index (κ2) is 7.58. The number of amides is 1. The van der Waals surface area contributed by atoms with Gasteiger partial charge in [0.05, 0.1) is 22.5 Å². The van der Waals surface area contributed by atoms with E-state index in [1.54, 1.807) is 18.2 Å². The van der Waals surface area contributed by atoms with Crippen molar-refractivity contribution in [3.05, 3.63) is 95.4 Å². The molecule has 0 aliphatic rings. The summed E-state index contributed by atoms with van der Waals surface area (Å²) in [6.07, 6.45) is 1.40. The average Bonchev–Trinajstić information content (AvgIpc) is 3.25. The van der Waals surface area contributed by atoms with Crippen LogP contribution < -0.4 is 10.1 Å². The van der Waals surface area contributed by atoms with E-state index >= 15 is 0 Å². The molecule has 4 rings (SSSR count). The van der Waals surface area contributed by atoms with E-state index in [9.17, 15) is 9.59 Å². The Bertz CT molecular complexity index is 1160. The van der Waals surface area contributed by atoms with Gasteiger partial charge in [-0.25, -0.2) is 4.79 Å². The van der Waals surface area contributed by atoms with Crippen molar-refractivity contribution in [1.29, 1.82) is 0 Å². The normalized spacial score (nSPS) is 10.6. The number of hydrogen-bond donors (Lipinski definition) is 1. The van der Waals surface area contributed by atoms with Crippen molar-refractivity contribution in [1.82, 2.24) is 0 Å². The Morgan fingerprint density at radius 2 is 1.75 bits per heavy atom. The van der Waals surface area contributed by atoms with Crippen molar-refractivity contribution < 1.29 is 18.7 Å². The summed E-state index contributed by atoms with van der Waals surface area (Å²) < 4.78 is 10.6. The number of carbonyl (C=O) groups is 2. The van der Waals surface area contributed by atoms with E-state index < -0.39 is 11.9 Å². The minimum atomic E-state index is -0.554. The Hall–Kier alpha value is -3.57. The first-order valence-electron chi connectivity index (χ1n) is 8.46. The molecule has 0 saturated heterocycles. The lowest BCUT2D eigenvalue weighted by molar-refractivity contribution is 0.0736. The summed E-state index contributed by atoms with van der Waals surface area (Å²) in [6.45, 7) is 0. The van der Waals surface area contributed by atoms with Gasteiger partial charge in [0.2, 0.25) is 0 Å². The average molecular weight is 392 g/mol. The van der Waals surface area contributed by atoms with E-state index in [1.807, 2.05) is 36.4 Å². The van der Waals surface area contributed by atoms with Crippen LogP contribution in [0.4, 0.5) is 5.69 Å². The molecule has 0 aliphatic carbocycles. The van der Waals surface area contributed by atoms with Crippen LogP contribution in [0.25, 0.3) is 10.8 Å². The smallest absolute Gasteiger partial charge is 0.343 e. The lowest BCUT2D eigenvalue weighted by Gasteiger charge is -2.10. The molecule has 0 radical (unpaired) electrons. The molecule has 3 aromatic carbocycles. The predicted octanol–water partition coefficient (Wildman–Crippen LogP) is 5.56. The molecule has 138 valence electrons. The third kappa shape index (κ3) is 3.61. The minimum Gasteiger partial charge on any atom is -0.459 e. The third-order valence-electron chi connectivity index (χ3n) is 4.15. The highest BCUT2D eigenvalue weighted by Gasteiger charge is 2.16. The summed E-state index contributed by atoms with van der Waals surface area (Å²) in [5, 5.41) is 4.72. The Labute approximate surface area is 165 Å². The molecule has 0 atom stereocenters. The van der Waals surface area contributed by atoms with Crippen LogP contribution in [0.2, 0.25) is 5.02 Å². The molecule has 1 N–H and O–H groups in total. The number of anilines is 1. The minimum absolute atomic E-state index is 0.139. The van der Waals surface area contributed by atoms with Gasteiger partial charge in [-0.15, -0.1) is 0 Å². The van der Waals surface area contributed by atoms with Gasteiger partial charge >= 0.3 is 5.97 Å². The van der Waals surface area contributed by atoms with E-state index in [1.165, 1.54) is 24.5 Å². The number of rotatable bonds is 4. The van der Waals surface area contributed by atoms with Crippen molar-refractivity contribution in [3.8, 4) is 5.75 Å². The lowest BCUT2D eigenvalue weighted by atomic mass is 10.1. The molecule has 0 unspecified atom stereocenters. The number of furan rings is 1. The second-order valence-electron chi connectivity index (χ2n) is 5.99. The first-order valence-corrected chi connectivity index (χ1v) is 8.84. The number of ether oxygens (including phenoxy) is 1. The molecular weight excluding hydrogens is 378 g/mol. The highest BCUT2D eigenvalue weighted by atomic mass is 35.5. The fraction of sp³-hybridized carbons (Fsp3) is 0. The van der Waals surface area contributed by atoms with Gasteiger partial charge in [-0.1, -0.05) is 48.0 Å². The molecule has 0 spiro atoms. The van der Waals surface area contributed by atoms with Gasteiger partial charge in [-0.2, -0.15) is 0 Å². The molecule has 1 aromatic heterocycles. The maximum Gasteiger partial charge on any atom is 0.343 e. The number of fused-ring (bicyclic) bond motifs is 1. The molecular formula is C22H14ClNO4. The zero-order valence-corrected chi connectivity index (χ0v) is 15.3. The number of carbonyl (C=O) groups excluding carboxylic acids is 2. The summed E-state index contributed by atoms with van der Waals surface area (Å²) in [6, 6.07) is 20.8. The Balaban J connectivity index is 1.58. The molecule has 28 heavy (non-hydrogen) atoms. The number of hydrogen-bond acceptors (Lipinski definition) is 4. The highest BCUT2D eigenvalue weighted by Crippen LogP contribution is 2.28. The van der Waals surface area contributed by atoms with Gasteiger partial charge in [-0.3, -0.25) is 4.79 Å².